The van der Waals surface area contributed by atoms with E-state index in [2.05, 4.69) is 27.1 Å². The first-order valence-corrected chi connectivity index (χ1v) is 9.89. The van der Waals surface area contributed by atoms with Gasteiger partial charge in [-0.2, -0.15) is 0 Å². The third-order valence-electron chi connectivity index (χ3n) is 5.31. The number of hydrogen-bond donors (Lipinski definition) is 1. The molecule has 0 unspecified atom stereocenters. The number of aryl methyl sites for hydroxylation is 1. The third kappa shape index (κ3) is 3.69. The fourth-order valence-electron chi connectivity index (χ4n) is 3.66. The van der Waals surface area contributed by atoms with Crippen molar-refractivity contribution in [2.24, 2.45) is 5.92 Å². The molecule has 0 saturated carbocycles. The van der Waals surface area contributed by atoms with Crippen LogP contribution in [0.15, 0.2) is 24.3 Å². The van der Waals surface area contributed by atoms with Gasteiger partial charge in [0, 0.05) is 31.7 Å². The Morgan fingerprint density at radius 3 is 2.68 bits per heavy atom. The summed E-state index contributed by atoms with van der Waals surface area (Å²) in [6.07, 6.45) is 3.55. The molecule has 1 aromatic carbocycles. The number of fused-ring (bicyclic) bond motifs is 1. The average Bonchev–Trinajstić information content (AvgIpc) is 3.12. The first kappa shape index (κ1) is 18.7. The van der Waals surface area contributed by atoms with E-state index in [0.29, 0.717) is 22.6 Å². The van der Waals surface area contributed by atoms with Gasteiger partial charge < -0.3 is 10.0 Å². The van der Waals surface area contributed by atoms with Gasteiger partial charge >= 0.3 is 0 Å². The zero-order valence-electron chi connectivity index (χ0n) is 16.1. The van der Waals surface area contributed by atoms with Crippen molar-refractivity contribution < 1.29 is 9.50 Å². The molecule has 0 bridgehead atoms. The van der Waals surface area contributed by atoms with E-state index in [1.165, 1.54) is 6.07 Å². The number of aliphatic hydroxyl groups excluding tert-OH is 1. The second-order valence-corrected chi connectivity index (χ2v) is 7.34. The zero-order valence-corrected chi connectivity index (χ0v) is 16.1. The molecule has 8 heteroatoms. The van der Waals surface area contributed by atoms with Gasteiger partial charge in [-0.05, 0) is 31.2 Å². The lowest BCUT2D eigenvalue weighted by molar-refractivity contribution is 0.203. The van der Waals surface area contributed by atoms with E-state index in [1.807, 2.05) is 6.07 Å². The Balaban J connectivity index is 1.72. The minimum absolute atomic E-state index is 0.229. The van der Waals surface area contributed by atoms with Crippen molar-refractivity contribution in [3.8, 4) is 0 Å². The van der Waals surface area contributed by atoms with Crippen LogP contribution in [0.4, 0.5) is 10.2 Å². The maximum Gasteiger partial charge on any atom is 0.184 e. The van der Waals surface area contributed by atoms with Gasteiger partial charge in [0.15, 0.2) is 17.0 Å². The molecule has 3 heterocycles. The molecular weight excluding hydrogens is 359 g/mol. The maximum atomic E-state index is 14.1. The summed E-state index contributed by atoms with van der Waals surface area (Å²) in [5, 5.41) is 18.0. The van der Waals surface area contributed by atoms with Crippen LogP contribution in [0.2, 0.25) is 0 Å². The number of aliphatic hydroxyl groups is 1. The summed E-state index contributed by atoms with van der Waals surface area (Å²) in [6, 6.07) is 6.68. The Morgan fingerprint density at radius 1 is 1.18 bits per heavy atom. The van der Waals surface area contributed by atoms with Crippen LogP contribution in [-0.4, -0.2) is 49.8 Å². The first-order chi connectivity index (χ1) is 13.7. The lowest BCUT2D eigenvalue weighted by Gasteiger charge is -2.32. The van der Waals surface area contributed by atoms with Crippen LogP contribution >= 0.6 is 0 Å². The van der Waals surface area contributed by atoms with Gasteiger partial charge in [-0.25, -0.2) is 19.0 Å². The van der Waals surface area contributed by atoms with Crippen LogP contribution in [-0.2, 0) is 13.0 Å². The minimum atomic E-state index is -0.264. The summed E-state index contributed by atoms with van der Waals surface area (Å²) >= 11 is 0. The summed E-state index contributed by atoms with van der Waals surface area (Å²) in [5.74, 6) is 1.64. The van der Waals surface area contributed by atoms with Crippen molar-refractivity contribution in [3.05, 3.63) is 41.5 Å². The molecule has 1 saturated heterocycles. The normalized spacial score (nSPS) is 15.5. The van der Waals surface area contributed by atoms with E-state index >= 15 is 0 Å². The Hall–Kier alpha value is -2.61. The molecule has 0 atom stereocenters. The number of piperidine rings is 1. The Morgan fingerprint density at radius 2 is 1.96 bits per heavy atom. The summed E-state index contributed by atoms with van der Waals surface area (Å²) in [5.41, 5.74) is 1.84. The molecule has 0 spiro atoms. The first-order valence-electron chi connectivity index (χ1n) is 9.89. The fourth-order valence-corrected chi connectivity index (χ4v) is 3.66. The molecule has 0 radical (unpaired) electrons. The Labute approximate surface area is 163 Å². The van der Waals surface area contributed by atoms with Crippen molar-refractivity contribution in [2.75, 3.05) is 24.6 Å². The minimum Gasteiger partial charge on any atom is -0.396 e. The standard InChI is InChI=1S/C20H25FN6O/c1-2-5-17-22-19(26-10-8-14(13-28)9-11-26)18-20(23-17)27(25-24-18)12-15-6-3-4-7-16(15)21/h3-4,6-7,14,28H,2,5,8-13H2,1H3. The quantitative estimate of drug-likeness (QED) is 0.704. The van der Waals surface area contributed by atoms with Gasteiger partial charge in [-0.1, -0.05) is 30.3 Å². The highest BCUT2D eigenvalue weighted by Crippen LogP contribution is 2.27. The van der Waals surface area contributed by atoms with Crippen LogP contribution in [0.3, 0.4) is 0 Å². The SMILES string of the molecule is CCCc1nc(N2CCC(CO)CC2)c2nnn(Cc3ccccc3F)c2n1. The van der Waals surface area contributed by atoms with Crippen molar-refractivity contribution in [3.63, 3.8) is 0 Å². The Bertz CT molecular complexity index is 951. The number of halogens is 1. The molecule has 0 aliphatic carbocycles. The van der Waals surface area contributed by atoms with E-state index in [-0.39, 0.29) is 19.0 Å². The number of aromatic nitrogens is 5. The highest BCUT2D eigenvalue weighted by atomic mass is 19.1. The largest absolute Gasteiger partial charge is 0.396 e. The van der Waals surface area contributed by atoms with E-state index in [0.717, 1.165) is 50.4 Å². The molecule has 1 aliphatic heterocycles. The third-order valence-corrected chi connectivity index (χ3v) is 5.31. The van der Waals surface area contributed by atoms with E-state index in [4.69, 9.17) is 4.98 Å². The number of benzene rings is 1. The average molecular weight is 384 g/mol. The Kier molecular flexibility index (Phi) is 5.47. The van der Waals surface area contributed by atoms with Gasteiger partial charge in [-0.3, -0.25) is 0 Å². The van der Waals surface area contributed by atoms with Gasteiger partial charge in [0.2, 0.25) is 0 Å². The van der Waals surface area contributed by atoms with E-state index in [9.17, 15) is 9.50 Å². The second kappa shape index (κ2) is 8.18. The van der Waals surface area contributed by atoms with Crippen molar-refractivity contribution >= 4 is 17.0 Å². The van der Waals surface area contributed by atoms with Gasteiger partial charge in [0.1, 0.15) is 11.6 Å². The van der Waals surface area contributed by atoms with Crippen LogP contribution < -0.4 is 4.90 Å². The fraction of sp³-hybridized carbons (Fsp3) is 0.500. The van der Waals surface area contributed by atoms with Crippen molar-refractivity contribution in [1.29, 1.82) is 0 Å². The highest BCUT2D eigenvalue weighted by molar-refractivity contribution is 5.83. The van der Waals surface area contributed by atoms with Crippen LogP contribution in [0, 0.1) is 11.7 Å². The molecule has 2 aromatic heterocycles. The van der Waals surface area contributed by atoms with Gasteiger partial charge in [-0.15, -0.1) is 5.10 Å². The second-order valence-electron chi connectivity index (χ2n) is 7.34. The van der Waals surface area contributed by atoms with Crippen LogP contribution in [0.25, 0.3) is 11.2 Å². The molecule has 28 heavy (non-hydrogen) atoms. The molecular formula is C20H25FN6O. The predicted octanol–water partition coefficient (Wildman–Crippen LogP) is 2.57. The summed E-state index contributed by atoms with van der Waals surface area (Å²) in [6.45, 7) is 4.24. The number of rotatable bonds is 6. The topological polar surface area (TPSA) is 80.0 Å². The molecule has 4 rings (SSSR count). The van der Waals surface area contributed by atoms with Crippen LogP contribution in [0.1, 0.15) is 37.6 Å². The predicted molar refractivity (Wildman–Crippen MR) is 105 cm³/mol. The van der Waals surface area contributed by atoms with Crippen molar-refractivity contribution in [2.45, 2.75) is 39.2 Å². The zero-order chi connectivity index (χ0) is 19.5. The van der Waals surface area contributed by atoms with E-state index < -0.39 is 0 Å². The smallest absolute Gasteiger partial charge is 0.184 e. The van der Waals surface area contributed by atoms with E-state index in [1.54, 1.807) is 16.8 Å². The maximum absolute atomic E-state index is 14.1. The molecule has 7 nitrogen and oxygen atoms in total. The monoisotopic (exact) mass is 384 g/mol. The summed E-state index contributed by atoms with van der Waals surface area (Å²) < 4.78 is 15.8. The lowest BCUT2D eigenvalue weighted by Crippen LogP contribution is -2.35. The summed E-state index contributed by atoms with van der Waals surface area (Å²) in [4.78, 5) is 11.6. The number of anilines is 1. The summed E-state index contributed by atoms with van der Waals surface area (Å²) in [7, 11) is 0. The molecule has 3 aromatic rings. The highest BCUT2D eigenvalue weighted by Gasteiger charge is 2.24. The number of hydrogen-bond acceptors (Lipinski definition) is 6. The molecule has 1 aliphatic rings. The van der Waals surface area contributed by atoms with Gasteiger partial charge in [0.25, 0.3) is 0 Å². The molecule has 1 N–H and O–H groups in total. The molecule has 1 fully saturated rings. The molecule has 148 valence electrons. The molecule has 0 amide bonds. The van der Waals surface area contributed by atoms with Crippen molar-refractivity contribution in [1.82, 2.24) is 25.0 Å². The van der Waals surface area contributed by atoms with Gasteiger partial charge in [0.05, 0.1) is 6.54 Å². The lowest BCUT2D eigenvalue weighted by atomic mass is 9.98. The van der Waals surface area contributed by atoms with Crippen LogP contribution in [0.5, 0.6) is 0 Å². The number of nitrogens with zero attached hydrogens (tertiary/aromatic N) is 6.